The summed E-state index contributed by atoms with van der Waals surface area (Å²) in [5, 5.41) is 0. The predicted molar refractivity (Wildman–Crippen MR) is 112 cm³/mol. The number of halogens is 2. The molecule has 0 aromatic heterocycles. The fraction of sp³-hybridized carbons (Fsp3) is 0.417. The number of rotatable bonds is 5. The van der Waals surface area contributed by atoms with Crippen molar-refractivity contribution < 1.29 is 23.1 Å². The topological polar surface area (TPSA) is 49.9 Å². The van der Waals surface area contributed by atoms with Crippen LogP contribution >= 0.6 is 0 Å². The first kappa shape index (κ1) is 21.3. The molecule has 0 radical (unpaired) electrons. The number of nitrogens with zero attached hydrogens (tertiary/aromatic N) is 2. The Morgan fingerprint density at radius 1 is 0.839 bits per heavy atom. The minimum Gasteiger partial charge on any atom is -0.493 e. The lowest BCUT2D eigenvalue weighted by molar-refractivity contribution is 0.0651. The van der Waals surface area contributed by atoms with Crippen LogP contribution in [0.4, 0.5) is 8.78 Å². The van der Waals surface area contributed by atoms with Gasteiger partial charge in [-0.3, -0.25) is 9.59 Å². The van der Waals surface area contributed by atoms with E-state index in [9.17, 15) is 18.4 Å². The molecule has 0 aliphatic carbocycles. The first-order valence-corrected chi connectivity index (χ1v) is 10.8. The number of benzene rings is 2. The van der Waals surface area contributed by atoms with Gasteiger partial charge in [-0.25, -0.2) is 8.78 Å². The normalized spacial score (nSPS) is 17.1. The number of carbonyl (C=O) groups is 2. The number of hydrogen-bond acceptors (Lipinski definition) is 3. The summed E-state index contributed by atoms with van der Waals surface area (Å²) in [5.74, 6) is -1.25. The molecule has 164 valence electrons. The fourth-order valence-electron chi connectivity index (χ4n) is 4.17. The van der Waals surface area contributed by atoms with Crippen molar-refractivity contribution in [3.63, 3.8) is 0 Å². The lowest BCUT2D eigenvalue weighted by Crippen LogP contribution is -2.40. The lowest BCUT2D eigenvalue weighted by Gasteiger charge is -2.32. The Morgan fingerprint density at radius 2 is 1.42 bits per heavy atom. The van der Waals surface area contributed by atoms with E-state index in [2.05, 4.69) is 0 Å². The van der Waals surface area contributed by atoms with Crippen molar-refractivity contribution in [2.75, 3.05) is 32.8 Å². The van der Waals surface area contributed by atoms with Gasteiger partial charge in [-0.1, -0.05) is 6.07 Å². The Hall–Kier alpha value is -2.96. The van der Waals surface area contributed by atoms with E-state index in [0.717, 1.165) is 38.1 Å². The number of hydrogen-bond donors (Lipinski definition) is 0. The summed E-state index contributed by atoms with van der Waals surface area (Å²) in [4.78, 5) is 28.3. The van der Waals surface area contributed by atoms with Crippen LogP contribution in [-0.4, -0.2) is 54.4 Å². The number of amides is 2. The van der Waals surface area contributed by atoms with Crippen molar-refractivity contribution in [2.24, 2.45) is 5.92 Å². The SMILES string of the molecule is O=C(c1ccc(OCC2CCN(C(=O)c3c(F)cccc3F)CC2)cc1)N1CCCC1. The summed E-state index contributed by atoms with van der Waals surface area (Å²) in [7, 11) is 0. The predicted octanol–water partition coefficient (Wildman–Crippen LogP) is 4.13. The molecule has 2 amide bonds. The van der Waals surface area contributed by atoms with Gasteiger partial charge in [0.2, 0.25) is 0 Å². The van der Waals surface area contributed by atoms with Crippen molar-refractivity contribution >= 4 is 11.8 Å². The quantitative estimate of drug-likeness (QED) is 0.720. The zero-order valence-electron chi connectivity index (χ0n) is 17.4. The minimum absolute atomic E-state index is 0.0624. The van der Waals surface area contributed by atoms with Gasteiger partial charge >= 0.3 is 0 Å². The highest BCUT2D eigenvalue weighted by Crippen LogP contribution is 2.23. The molecule has 4 rings (SSSR count). The number of ether oxygens (including phenoxy) is 1. The van der Waals surface area contributed by atoms with E-state index in [1.165, 1.54) is 11.0 Å². The largest absolute Gasteiger partial charge is 0.493 e. The van der Waals surface area contributed by atoms with Crippen LogP contribution in [0.25, 0.3) is 0 Å². The van der Waals surface area contributed by atoms with Gasteiger partial charge in [0.25, 0.3) is 11.8 Å². The van der Waals surface area contributed by atoms with E-state index in [-0.39, 0.29) is 11.8 Å². The standard InChI is InChI=1S/C24H26F2N2O3/c25-20-4-3-5-21(26)22(20)24(30)28-14-10-17(11-15-28)16-31-19-8-6-18(7-9-19)23(29)27-12-1-2-13-27/h3-9,17H,1-2,10-16H2. The van der Waals surface area contributed by atoms with Crippen molar-refractivity contribution in [3.05, 3.63) is 65.2 Å². The van der Waals surface area contributed by atoms with Gasteiger partial charge in [0, 0.05) is 31.7 Å². The molecule has 31 heavy (non-hydrogen) atoms. The van der Waals surface area contributed by atoms with Crippen molar-refractivity contribution in [1.29, 1.82) is 0 Å². The average Bonchev–Trinajstić information content (AvgIpc) is 3.33. The molecule has 0 atom stereocenters. The number of piperidine rings is 1. The molecule has 0 bridgehead atoms. The van der Waals surface area contributed by atoms with Crippen LogP contribution in [-0.2, 0) is 0 Å². The molecule has 2 fully saturated rings. The van der Waals surface area contributed by atoms with E-state index in [1.807, 2.05) is 17.0 Å². The first-order valence-electron chi connectivity index (χ1n) is 10.8. The smallest absolute Gasteiger partial charge is 0.259 e. The Morgan fingerprint density at radius 3 is 2.03 bits per heavy atom. The third-order valence-corrected chi connectivity index (χ3v) is 6.06. The van der Waals surface area contributed by atoms with Gasteiger partial charge in [-0.2, -0.15) is 0 Å². The van der Waals surface area contributed by atoms with E-state index in [0.29, 0.717) is 43.9 Å². The Labute approximate surface area is 180 Å². The second kappa shape index (κ2) is 9.45. The van der Waals surface area contributed by atoms with Crippen molar-refractivity contribution in [3.8, 4) is 5.75 Å². The van der Waals surface area contributed by atoms with Gasteiger partial charge in [-0.05, 0) is 68.0 Å². The van der Waals surface area contributed by atoms with E-state index in [4.69, 9.17) is 4.74 Å². The van der Waals surface area contributed by atoms with Gasteiger partial charge < -0.3 is 14.5 Å². The van der Waals surface area contributed by atoms with Gasteiger partial charge in [-0.15, -0.1) is 0 Å². The summed E-state index contributed by atoms with van der Waals surface area (Å²) in [6, 6.07) is 10.6. The molecule has 0 saturated carbocycles. The molecular formula is C24H26F2N2O3. The van der Waals surface area contributed by atoms with Crippen LogP contribution in [0.1, 0.15) is 46.4 Å². The van der Waals surface area contributed by atoms with Crippen LogP contribution in [0.2, 0.25) is 0 Å². The zero-order chi connectivity index (χ0) is 21.8. The zero-order valence-corrected chi connectivity index (χ0v) is 17.4. The molecule has 2 aromatic rings. The van der Waals surface area contributed by atoms with Crippen LogP contribution in [0.3, 0.4) is 0 Å². The second-order valence-corrected chi connectivity index (χ2v) is 8.17. The molecule has 7 heteroatoms. The highest BCUT2D eigenvalue weighted by Gasteiger charge is 2.27. The maximum atomic E-state index is 13.9. The summed E-state index contributed by atoms with van der Waals surface area (Å²) >= 11 is 0. The summed E-state index contributed by atoms with van der Waals surface area (Å²) < 4.78 is 33.6. The molecule has 2 heterocycles. The summed E-state index contributed by atoms with van der Waals surface area (Å²) in [6.07, 6.45) is 3.53. The summed E-state index contributed by atoms with van der Waals surface area (Å²) in [5.41, 5.74) is 0.183. The third-order valence-electron chi connectivity index (χ3n) is 6.06. The molecule has 0 spiro atoms. The first-order chi connectivity index (χ1) is 15.0. The molecule has 2 aliphatic heterocycles. The number of carbonyl (C=O) groups excluding carboxylic acids is 2. The molecule has 2 aliphatic rings. The van der Waals surface area contributed by atoms with Gasteiger partial charge in [0.15, 0.2) is 0 Å². The maximum Gasteiger partial charge on any atom is 0.259 e. The fourth-order valence-corrected chi connectivity index (χ4v) is 4.17. The van der Waals surface area contributed by atoms with E-state index in [1.54, 1.807) is 12.1 Å². The van der Waals surface area contributed by atoms with Gasteiger partial charge in [0.1, 0.15) is 22.9 Å². The third kappa shape index (κ3) is 4.86. The minimum atomic E-state index is -0.831. The van der Waals surface area contributed by atoms with Gasteiger partial charge in [0.05, 0.1) is 6.61 Å². The lowest BCUT2D eigenvalue weighted by atomic mass is 9.97. The molecule has 2 saturated heterocycles. The monoisotopic (exact) mass is 428 g/mol. The molecular weight excluding hydrogens is 402 g/mol. The van der Waals surface area contributed by atoms with Crippen LogP contribution in [0.15, 0.2) is 42.5 Å². The highest BCUT2D eigenvalue weighted by atomic mass is 19.1. The second-order valence-electron chi connectivity index (χ2n) is 8.17. The summed E-state index contributed by atoms with van der Waals surface area (Å²) in [6.45, 7) is 3.01. The Kier molecular flexibility index (Phi) is 6.49. The highest BCUT2D eigenvalue weighted by molar-refractivity contribution is 5.95. The van der Waals surface area contributed by atoms with Crippen LogP contribution < -0.4 is 4.74 Å². The molecule has 5 nitrogen and oxygen atoms in total. The average molecular weight is 428 g/mol. The van der Waals surface area contributed by atoms with Crippen LogP contribution in [0.5, 0.6) is 5.75 Å². The Balaban J connectivity index is 1.26. The Bertz CT molecular complexity index is 914. The van der Waals surface area contributed by atoms with E-state index >= 15 is 0 Å². The number of likely N-dealkylation sites (tertiary alicyclic amines) is 2. The maximum absolute atomic E-state index is 13.9. The molecule has 2 aromatic carbocycles. The van der Waals surface area contributed by atoms with E-state index < -0.39 is 23.1 Å². The molecule has 0 unspecified atom stereocenters. The van der Waals surface area contributed by atoms with Crippen molar-refractivity contribution in [1.82, 2.24) is 9.80 Å². The van der Waals surface area contributed by atoms with Crippen molar-refractivity contribution in [2.45, 2.75) is 25.7 Å². The van der Waals surface area contributed by atoms with Crippen LogP contribution in [0, 0.1) is 17.6 Å². The molecule has 0 N–H and O–H groups in total.